The Hall–Kier alpha value is -4.77. The number of allylic oxidation sites excluding steroid dienone is 6. The molecule has 7 rings (SSSR count). The summed E-state index contributed by atoms with van der Waals surface area (Å²) >= 11 is 0. The normalized spacial score (nSPS) is 24.1. The van der Waals surface area contributed by atoms with Crippen LogP contribution in [0.5, 0.6) is 0 Å². The highest BCUT2D eigenvalue weighted by molar-refractivity contribution is 6.32. The van der Waals surface area contributed by atoms with Crippen molar-refractivity contribution in [2.24, 2.45) is 20.9 Å². The highest BCUT2D eigenvalue weighted by atomic mass is 15.3. The highest BCUT2D eigenvalue weighted by Gasteiger charge is 2.31. The molecule has 0 saturated carbocycles. The van der Waals surface area contributed by atoms with Gasteiger partial charge in [0.05, 0.1) is 24.0 Å². The first-order chi connectivity index (χ1) is 21.8. The molecule has 0 amide bonds. The topological polar surface area (TPSA) is 43.6 Å². The van der Waals surface area contributed by atoms with Crippen molar-refractivity contribution in [1.29, 1.82) is 0 Å². The fourth-order valence-corrected chi connectivity index (χ4v) is 6.75. The average molecular weight is 578 g/mol. The molecule has 5 heteroatoms. The molecule has 0 N–H and O–H groups in total. The molecule has 3 atom stereocenters. The van der Waals surface area contributed by atoms with E-state index in [1.54, 1.807) is 0 Å². The molecule has 0 radical (unpaired) electrons. The molecule has 4 aliphatic rings. The second-order valence-corrected chi connectivity index (χ2v) is 11.8. The van der Waals surface area contributed by atoms with Gasteiger partial charge in [-0.2, -0.15) is 0 Å². The summed E-state index contributed by atoms with van der Waals surface area (Å²) in [6.45, 7) is 2.82. The minimum atomic E-state index is 0.0184. The predicted octanol–water partition coefficient (Wildman–Crippen LogP) is 8.87. The Morgan fingerprint density at radius 2 is 1.41 bits per heavy atom. The lowest BCUT2D eigenvalue weighted by Crippen LogP contribution is -2.31. The number of hydrogen-bond acceptors (Lipinski definition) is 5. The lowest BCUT2D eigenvalue weighted by atomic mass is 9.87. The fraction of sp³-hybridized carbons (Fsp3) is 0.256. The summed E-state index contributed by atoms with van der Waals surface area (Å²) in [4.78, 5) is 19.8. The zero-order valence-electron chi connectivity index (χ0n) is 25.3. The van der Waals surface area contributed by atoms with E-state index in [1.807, 2.05) is 6.21 Å². The molecule has 0 bridgehead atoms. The van der Waals surface area contributed by atoms with Crippen LogP contribution in [0, 0.1) is 5.92 Å². The number of aliphatic imine (C=N–C) groups is 3. The lowest BCUT2D eigenvalue weighted by Gasteiger charge is -2.33. The van der Waals surface area contributed by atoms with E-state index in [0.29, 0.717) is 5.92 Å². The molecular weight excluding hydrogens is 538 g/mol. The van der Waals surface area contributed by atoms with Crippen LogP contribution < -0.4 is 9.80 Å². The van der Waals surface area contributed by atoms with Crippen LogP contribution in [0.1, 0.15) is 39.0 Å². The fourth-order valence-electron chi connectivity index (χ4n) is 6.75. The van der Waals surface area contributed by atoms with Crippen LogP contribution >= 0.6 is 0 Å². The van der Waals surface area contributed by atoms with Crippen molar-refractivity contribution in [3.8, 4) is 0 Å². The van der Waals surface area contributed by atoms with Gasteiger partial charge in [0.2, 0.25) is 0 Å². The van der Waals surface area contributed by atoms with Gasteiger partial charge in [0.25, 0.3) is 0 Å². The zero-order valence-corrected chi connectivity index (χ0v) is 25.3. The smallest absolute Gasteiger partial charge is 0.147 e. The van der Waals surface area contributed by atoms with Crippen molar-refractivity contribution >= 4 is 35.2 Å². The second-order valence-electron chi connectivity index (χ2n) is 11.8. The number of benzene rings is 3. The van der Waals surface area contributed by atoms with E-state index in [1.165, 1.54) is 33.9 Å². The standard InChI is InChI=1S/C39H39N5/c1-2-32-26-42-39(44(32)35-16-10-5-11-17-35)31-20-18-29(19-21-31)37-27-41-38(28-40-37)30-22-24-36(25-23-30)43(33-12-6-3-7-13-33)34-14-8-4-9-15-34/h2-18,20,24,26,28,30,37,39H,19,21-23,25,27H2,1H3/b32-2+. The SMILES string of the molecule is C/C=C1\C=NC(C2=CC=C(C3CN=C(C4CC=C(N(c5ccccc5)c5ccccc5)CC4)C=N3)CC2)N1c1ccccc1. The average Bonchev–Trinajstić information content (AvgIpc) is 3.55. The maximum absolute atomic E-state index is 5.09. The number of rotatable bonds is 7. The molecule has 3 aromatic rings. The Morgan fingerprint density at radius 3 is 1.98 bits per heavy atom. The molecular formula is C39H39N5. The maximum atomic E-state index is 5.09. The van der Waals surface area contributed by atoms with E-state index in [0.717, 1.165) is 50.1 Å². The van der Waals surface area contributed by atoms with Crippen LogP contribution in [0.4, 0.5) is 17.1 Å². The summed E-state index contributed by atoms with van der Waals surface area (Å²) < 4.78 is 0. The third kappa shape index (κ3) is 5.74. The number of para-hydroxylation sites is 3. The minimum Gasteiger partial charge on any atom is -0.315 e. The van der Waals surface area contributed by atoms with Gasteiger partial charge in [-0.15, -0.1) is 0 Å². The first kappa shape index (κ1) is 28.0. The zero-order chi connectivity index (χ0) is 29.7. The largest absolute Gasteiger partial charge is 0.315 e. The number of hydrogen-bond donors (Lipinski definition) is 0. The van der Waals surface area contributed by atoms with E-state index < -0.39 is 0 Å². The van der Waals surface area contributed by atoms with E-state index in [-0.39, 0.29) is 12.2 Å². The first-order valence-corrected chi connectivity index (χ1v) is 15.9. The van der Waals surface area contributed by atoms with Gasteiger partial charge in [-0.25, -0.2) is 0 Å². The molecule has 5 nitrogen and oxygen atoms in total. The Labute approximate surface area is 261 Å². The summed E-state index contributed by atoms with van der Waals surface area (Å²) in [7, 11) is 0. The molecule has 2 aliphatic carbocycles. The van der Waals surface area contributed by atoms with Gasteiger partial charge in [0.15, 0.2) is 0 Å². The number of anilines is 3. The summed E-state index contributed by atoms with van der Waals surface area (Å²) in [6, 6.07) is 32.1. The second kappa shape index (κ2) is 12.8. The van der Waals surface area contributed by atoms with E-state index in [9.17, 15) is 0 Å². The van der Waals surface area contributed by atoms with Gasteiger partial charge in [0, 0.05) is 41.1 Å². The number of nitrogens with zero attached hydrogens (tertiary/aromatic N) is 5. The molecule has 220 valence electrons. The molecule has 2 aliphatic heterocycles. The molecule has 0 saturated heterocycles. The van der Waals surface area contributed by atoms with Gasteiger partial charge in [-0.05, 0) is 86.6 Å². The first-order valence-electron chi connectivity index (χ1n) is 15.9. The summed E-state index contributed by atoms with van der Waals surface area (Å²) in [5, 5.41) is 0. The van der Waals surface area contributed by atoms with Crippen LogP contribution in [-0.2, 0) is 0 Å². The van der Waals surface area contributed by atoms with Crippen molar-refractivity contribution in [3.63, 3.8) is 0 Å². The Bertz CT molecular complexity index is 1640. The summed E-state index contributed by atoms with van der Waals surface area (Å²) in [5.74, 6) is 0.425. The van der Waals surface area contributed by atoms with Crippen LogP contribution in [-0.4, -0.2) is 36.9 Å². The molecule has 3 aromatic carbocycles. The monoisotopic (exact) mass is 577 g/mol. The summed E-state index contributed by atoms with van der Waals surface area (Å²) in [5.41, 5.74) is 9.97. The third-order valence-electron chi connectivity index (χ3n) is 9.13. The van der Waals surface area contributed by atoms with E-state index >= 15 is 0 Å². The molecule has 2 heterocycles. The highest BCUT2D eigenvalue weighted by Crippen LogP contribution is 2.37. The van der Waals surface area contributed by atoms with Crippen LogP contribution in [0.3, 0.4) is 0 Å². The third-order valence-corrected chi connectivity index (χ3v) is 9.13. The molecule has 3 unspecified atom stereocenters. The molecule has 0 fully saturated rings. The van der Waals surface area contributed by atoms with Crippen LogP contribution in [0.25, 0.3) is 0 Å². The van der Waals surface area contributed by atoms with Crippen molar-refractivity contribution in [3.05, 3.63) is 138 Å². The van der Waals surface area contributed by atoms with Crippen LogP contribution in [0.2, 0.25) is 0 Å². The Kier molecular flexibility index (Phi) is 8.18. The van der Waals surface area contributed by atoms with Crippen molar-refractivity contribution < 1.29 is 0 Å². The minimum absolute atomic E-state index is 0.0184. The van der Waals surface area contributed by atoms with Gasteiger partial charge in [0.1, 0.15) is 6.17 Å². The van der Waals surface area contributed by atoms with Crippen LogP contribution in [0.15, 0.2) is 153 Å². The van der Waals surface area contributed by atoms with Gasteiger partial charge in [-0.1, -0.05) is 78.9 Å². The molecule has 0 spiro atoms. The van der Waals surface area contributed by atoms with E-state index in [4.69, 9.17) is 15.0 Å². The van der Waals surface area contributed by atoms with Crippen molar-refractivity contribution in [2.75, 3.05) is 16.3 Å². The Morgan fingerprint density at radius 1 is 0.750 bits per heavy atom. The van der Waals surface area contributed by atoms with Crippen molar-refractivity contribution in [1.82, 2.24) is 0 Å². The van der Waals surface area contributed by atoms with Crippen molar-refractivity contribution in [2.45, 2.75) is 51.2 Å². The van der Waals surface area contributed by atoms with Gasteiger partial charge >= 0.3 is 0 Å². The molecule has 44 heavy (non-hydrogen) atoms. The quantitative estimate of drug-likeness (QED) is 0.281. The van der Waals surface area contributed by atoms with Gasteiger partial charge < -0.3 is 9.80 Å². The van der Waals surface area contributed by atoms with Gasteiger partial charge in [-0.3, -0.25) is 15.0 Å². The summed E-state index contributed by atoms with van der Waals surface area (Å²) in [6.07, 6.45) is 18.3. The molecule has 0 aromatic heterocycles. The lowest BCUT2D eigenvalue weighted by molar-refractivity contribution is 0.590. The predicted molar refractivity (Wildman–Crippen MR) is 185 cm³/mol. The Balaban J connectivity index is 1.01. The van der Waals surface area contributed by atoms with E-state index in [2.05, 4.69) is 138 Å². The maximum Gasteiger partial charge on any atom is 0.147 e.